The van der Waals surface area contributed by atoms with Crippen molar-refractivity contribution in [3.63, 3.8) is 0 Å². The zero-order chi connectivity index (χ0) is 21.7. The molecule has 3 rings (SSSR count). The highest BCUT2D eigenvalue weighted by Gasteiger charge is 2.11. The number of nitrogens with one attached hydrogen (secondary N) is 2. The van der Waals surface area contributed by atoms with Crippen LogP contribution in [-0.2, 0) is 9.47 Å². The van der Waals surface area contributed by atoms with Gasteiger partial charge >= 0.3 is 0 Å². The third kappa shape index (κ3) is 7.77. The Balaban J connectivity index is 1.52. The lowest BCUT2D eigenvalue weighted by Gasteiger charge is -2.15. The van der Waals surface area contributed by atoms with Gasteiger partial charge in [0.05, 0.1) is 25.9 Å². The molecule has 1 atom stereocenters. The monoisotopic (exact) mass is 427 g/mol. The number of methoxy groups -OCH3 is 1. The van der Waals surface area contributed by atoms with Crippen LogP contribution < -0.4 is 20.1 Å². The highest BCUT2D eigenvalue weighted by molar-refractivity contribution is 5.93. The number of rotatable bonds is 10. The van der Waals surface area contributed by atoms with Gasteiger partial charge in [0, 0.05) is 45.0 Å². The topological polar surface area (TPSA) is 73.3 Å². The normalized spacial score (nSPS) is 14.6. The molecule has 0 saturated heterocycles. The Hall–Kier alpha value is -2.77. The summed E-state index contributed by atoms with van der Waals surface area (Å²) in [6, 6.07) is 16.1. The fraction of sp³-hybridized carbons (Fsp3) is 0.458. The lowest BCUT2D eigenvalue weighted by Crippen LogP contribution is -2.33. The van der Waals surface area contributed by atoms with Crippen LogP contribution in [0.3, 0.4) is 0 Å². The van der Waals surface area contributed by atoms with Gasteiger partial charge in [-0.3, -0.25) is 4.99 Å². The van der Waals surface area contributed by atoms with Gasteiger partial charge in [0.25, 0.3) is 0 Å². The lowest BCUT2D eigenvalue weighted by molar-refractivity contribution is 0.0652. The van der Waals surface area contributed by atoms with Crippen LogP contribution in [0, 0.1) is 0 Å². The third-order valence-electron chi connectivity index (χ3n) is 4.82. The first-order valence-electron chi connectivity index (χ1n) is 10.9. The number of anilines is 1. The molecule has 7 nitrogen and oxygen atoms in total. The molecule has 1 unspecified atom stereocenters. The van der Waals surface area contributed by atoms with Crippen LogP contribution in [0.15, 0.2) is 53.5 Å². The van der Waals surface area contributed by atoms with Crippen molar-refractivity contribution in [2.75, 3.05) is 51.9 Å². The van der Waals surface area contributed by atoms with E-state index < -0.39 is 0 Å². The molecule has 0 spiro atoms. The highest BCUT2D eigenvalue weighted by atomic mass is 16.5. The van der Waals surface area contributed by atoms with Gasteiger partial charge in [-0.25, -0.2) is 0 Å². The molecule has 1 aliphatic rings. The molecule has 0 radical (unpaired) electrons. The zero-order valence-corrected chi connectivity index (χ0v) is 18.4. The minimum atomic E-state index is 0.0735. The Labute approximate surface area is 184 Å². The second-order valence-electron chi connectivity index (χ2n) is 7.26. The Morgan fingerprint density at radius 3 is 2.68 bits per heavy atom. The van der Waals surface area contributed by atoms with Crippen LogP contribution in [0.2, 0.25) is 0 Å². The summed E-state index contributed by atoms with van der Waals surface area (Å²) in [6.07, 6.45) is 1.78. The van der Waals surface area contributed by atoms with Crippen molar-refractivity contribution >= 4 is 11.6 Å². The fourth-order valence-corrected chi connectivity index (χ4v) is 3.12. The maximum absolute atomic E-state index is 5.94. The lowest BCUT2D eigenvalue weighted by atomic mass is 10.1. The summed E-state index contributed by atoms with van der Waals surface area (Å²) in [4.78, 5) is 4.68. The van der Waals surface area contributed by atoms with Gasteiger partial charge in [-0.2, -0.15) is 0 Å². The highest BCUT2D eigenvalue weighted by Crippen LogP contribution is 2.32. The van der Waals surface area contributed by atoms with Gasteiger partial charge in [0.2, 0.25) is 0 Å². The maximum Gasteiger partial charge on any atom is 0.195 e. The van der Waals surface area contributed by atoms with E-state index in [1.807, 2.05) is 36.4 Å². The number of guanidine groups is 1. The van der Waals surface area contributed by atoms with Crippen LogP contribution >= 0.6 is 0 Å². The zero-order valence-electron chi connectivity index (χ0n) is 18.4. The molecule has 31 heavy (non-hydrogen) atoms. The molecule has 1 aliphatic heterocycles. The SMILES string of the molecule is COCCNC(=NCCCOC(C)c1ccccc1)Nc1ccc2c(c1)OCCCO2. The maximum atomic E-state index is 5.94. The summed E-state index contributed by atoms with van der Waals surface area (Å²) in [6.45, 7) is 5.96. The minimum Gasteiger partial charge on any atom is -0.490 e. The molecule has 2 aromatic carbocycles. The van der Waals surface area contributed by atoms with Crippen molar-refractivity contribution < 1.29 is 18.9 Å². The van der Waals surface area contributed by atoms with Crippen molar-refractivity contribution in [2.45, 2.75) is 25.9 Å². The molecule has 2 N–H and O–H groups in total. The Kier molecular flexibility index (Phi) is 9.47. The largest absolute Gasteiger partial charge is 0.490 e. The summed E-state index contributed by atoms with van der Waals surface area (Å²) >= 11 is 0. The number of hydrogen-bond donors (Lipinski definition) is 2. The van der Waals surface area contributed by atoms with Gasteiger partial charge in [-0.05, 0) is 31.0 Å². The molecule has 0 aromatic heterocycles. The Morgan fingerprint density at radius 1 is 1.06 bits per heavy atom. The second kappa shape index (κ2) is 12.8. The number of aliphatic imine (C=N–C) groups is 1. The standard InChI is InChI=1S/C24H33N3O4/c1-19(20-8-4-3-5-9-20)29-14-6-12-25-24(26-13-17-28-2)27-21-10-11-22-23(18-21)31-16-7-15-30-22/h3-5,8-11,18-19H,6-7,12-17H2,1-2H3,(H2,25,26,27). The number of ether oxygens (including phenoxy) is 4. The van der Waals surface area contributed by atoms with E-state index >= 15 is 0 Å². The predicted molar refractivity (Wildman–Crippen MR) is 123 cm³/mol. The molecule has 168 valence electrons. The molecule has 0 saturated carbocycles. The van der Waals surface area contributed by atoms with Gasteiger partial charge < -0.3 is 29.6 Å². The van der Waals surface area contributed by atoms with E-state index in [1.54, 1.807) is 7.11 Å². The van der Waals surface area contributed by atoms with E-state index in [0.717, 1.165) is 30.0 Å². The van der Waals surface area contributed by atoms with E-state index in [1.165, 1.54) is 5.56 Å². The third-order valence-corrected chi connectivity index (χ3v) is 4.82. The van der Waals surface area contributed by atoms with Crippen molar-refractivity contribution in [1.82, 2.24) is 5.32 Å². The average molecular weight is 428 g/mol. The molecular weight excluding hydrogens is 394 g/mol. The molecule has 0 fully saturated rings. The van der Waals surface area contributed by atoms with Crippen LogP contribution in [0.5, 0.6) is 11.5 Å². The number of fused-ring (bicyclic) bond motifs is 1. The number of nitrogens with zero attached hydrogens (tertiary/aromatic N) is 1. The Morgan fingerprint density at radius 2 is 1.87 bits per heavy atom. The van der Waals surface area contributed by atoms with Crippen LogP contribution in [0.1, 0.15) is 31.4 Å². The van der Waals surface area contributed by atoms with Crippen molar-refractivity contribution in [2.24, 2.45) is 4.99 Å². The van der Waals surface area contributed by atoms with E-state index in [9.17, 15) is 0 Å². The molecule has 1 heterocycles. The summed E-state index contributed by atoms with van der Waals surface area (Å²) in [5.41, 5.74) is 2.07. The first-order valence-corrected chi connectivity index (χ1v) is 10.9. The fourth-order valence-electron chi connectivity index (χ4n) is 3.12. The number of benzene rings is 2. The molecule has 0 aliphatic carbocycles. The van der Waals surface area contributed by atoms with Gasteiger partial charge in [-0.1, -0.05) is 30.3 Å². The van der Waals surface area contributed by atoms with Crippen molar-refractivity contribution in [1.29, 1.82) is 0 Å². The smallest absolute Gasteiger partial charge is 0.195 e. The van der Waals surface area contributed by atoms with Crippen LogP contribution in [0.4, 0.5) is 5.69 Å². The molecule has 0 bridgehead atoms. The number of hydrogen-bond acceptors (Lipinski definition) is 5. The van der Waals surface area contributed by atoms with Gasteiger partial charge in [-0.15, -0.1) is 0 Å². The second-order valence-corrected chi connectivity index (χ2v) is 7.26. The quantitative estimate of drug-likeness (QED) is 0.339. The van der Waals surface area contributed by atoms with E-state index in [4.69, 9.17) is 18.9 Å². The molecular formula is C24H33N3O4. The van der Waals surface area contributed by atoms with Crippen molar-refractivity contribution in [3.8, 4) is 11.5 Å². The summed E-state index contributed by atoms with van der Waals surface area (Å²) in [5.74, 6) is 2.23. The summed E-state index contributed by atoms with van der Waals surface area (Å²) in [5, 5.41) is 6.63. The first-order chi connectivity index (χ1) is 15.3. The van der Waals surface area contributed by atoms with E-state index in [-0.39, 0.29) is 6.10 Å². The van der Waals surface area contributed by atoms with E-state index in [0.29, 0.717) is 45.5 Å². The predicted octanol–water partition coefficient (Wildman–Crippen LogP) is 4.02. The first kappa shape index (κ1) is 22.9. The summed E-state index contributed by atoms with van der Waals surface area (Å²) in [7, 11) is 1.68. The average Bonchev–Trinajstić information content (AvgIpc) is 3.04. The van der Waals surface area contributed by atoms with Gasteiger partial charge in [0.15, 0.2) is 17.5 Å². The Bertz CT molecular complexity index is 814. The van der Waals surface area contributed by atoms with Crippen LogP contribution in [-0.4, -0.2) is 52.6 Å². The molecule has 2 aromatic rings. The molecule has 7 heteroatoms. The van der Waals surface area contributed by atoms with Gasteiger partial charge in [0.1, 0.15) is 0 Å². The van der Waals surface area contributed by atoms with E-state index in [2.05, 4.69) is 34.7 Å². The van der Waals surface area contributed by atoms with Crippen molar-refractivity contribution in [3.05, 3.63) is 54.1 Å². The van der Waals surface area contributed by atoms with Crippen LogP contribution in [0.25, 0.3) is 0 Å². The summed E-state index contributed by atoms with van der Waals surface area (Å²) < 4.78 is 22.6. The minimum absolute atomic E-state index is 0.0735. The molecule has 0 amide bonds.